The second kappa shape index (κ2) is 7.35. The van der Waals surface area contributed by atoms with Crippen LogP contribution in [0.1, 0.15) is 43.6 Å². The zero-order valence-corrected chi connectivity index (χ0v) is 17.2. The fourth-order valence-electron chi connectivity index (χ4n) is 3.06. The van der Waals surface area contributed by atoms with Gasteiger partial charge < -0.3 is 9.31 Å². The molecule has 1 aromatic heterocycles. The summed E-state index contributed by atoms with van der Waals surface area (Å²) in [6.45, 7) is 8.71. The fourth-order valence-corrected chi connectivity index (χ4v) is 3.06. The number of anilines is 1. The molecule has 0 radical (unpaired) electrons. The summed E-state index contributed by atoms with van der Waals surface area (Å²) in [5.74, 6) is -2.61. The molecule has 1 aliphatic heterocycles. The Kier molecular flexibility index (Phi) is 5.45. The molecule has 3 rings (SSSR count). The lowest BCUT2D eigenvalue weighted by atomic mass is 9.76. The highest BCUT2D eigenvalue weighted by molar-refractivity contribution is 6.62. The van der Waals surface area contributed by atoms with Crippen LogP contribution in [0.5, 0.6) is 0 Å². The molecule has 1 aliphatic rings. The lowest BCUT2D eigenvalue weighted by Crippen LogP contribution is -2.45. The maximum atomic E-state index is 14.7. The van der Waals surface area contributed by atoms with Gasteiger partial charge in [0, 0.05) is 18.0 Å². The van der Waals surface area contributed by atoms with Gasteiger partial charge in [0.05, 0.1) is 16.9 Å². The van der Waals surface area contributed by atoms with Gasteiger partial charge >= 0.3 is 13.4 Å². The van der Waals surface area contributed by atoms with E-state index in [0.29, 0.717) is 5.56 Å². The number of hydrogen-bond donors (Lipinski definition) is 0. The van der Waals surface area contributed by atoms with Crippen molar-refractivity contribution in [3.05, 3.63) is 53.6 Å². The number of hydrogen-bond acceptors (Lipinski definition) is 4. The zero-order valence-electron chi connectivity index (χ0n) is 17.2. The summed E-state index contributed by atoms with van der Waals surface area (Å²) in [5, 5.41) is 0. The van der Waals surface area contributed by atoms with Gasteiger partial charge in [-0.2, -0.15) is 0 Å². The van der Waals surface area contributed by atoms with Crippen molar-refractivity contribution in [2.75, 3.05) is 4.90 Å². The van der Waals surface area contributed by atoms with Crippen molar-refractivity contribution in [2.45, 2.75) is 52.1 Å². The van der Waals surface area contributed by atoms with Crippen LogP contribution < -0.4 is 10.4 Å². The molecule has 10 heteroatoms. The smallest absolute Gasteiger partial charge is 0.399 e. The third-order valence-electron chi connectivity index (χ3n) is 5.47. The van der Waals surface area contributed by atoms with Gasteiger partial charge in [0.2, 0.25) is 0 Å². The summed E-state index contributed by atoms with van der Waals surface area (Å²) in [7, 11) is -1.01. The van der Waals surface area contributed by atoms with Crippen LogP contribution in [0.2, 0.25) is 0 Å². The number of halogens is 4. The summed E-state index contributed by atoms with van der Waals surface area (Å²) in [6.07, 6.45) is -2.80. The van der Waals surface area contributed by atoms with E-state index < -0.39 is 46.9 Å². The summed E-state index contributed by atoms with van der Waals surface area (Å²) in [4.78, 5) is 15.8. The molecule has 30 heavy (non-hydrogen) atoms. The van der Waals surface area contributed by atoms with Crippen LogP contribution in [0, 0.1) is 12.7 Å². The number of aryl methyl sites for hydroxylation is 1. The highest BCUT2D eigenvalue weighted by atomic mass is 19.4. The quantitative estimate of drug-likeness (QED) is 0.425. The van der Waals surface area contributed by atoms with Crippen molar-refractivity contribution in [2.24, 2.45) is 0 Å². The first-order valence-electron chi connectivity index (χ1n) is 9.21. The highest BCUT2D eigenvalue weighted by Gasteiger charge is 2.52. The van der Waals surface area contributed by atoms with E-state index in [1.807, 2.05) is 0 Å². The standard InChI is InChI=1S/C20H21BF4N2O3/c1-12-10-15(22)16(11-14(12)21-29-18(2,3)19(4,5)30-21)27(20(23,24)25)17(28)13-6-8-26-9-7-13/h6-11H,1-5H3. The van der Waals surface area contributed by atoms with Gasteiger partial charge in [-0.05, 0) is 69.9 Å². The second-order valence-electron chi connectivity index (χ2n) is 8.09. The van der Waals surface area contributed by atoms with E-state index in [1.165, 1.54) is 19.3 Å². The first-order chi connectivity index (χ1) is 13.7. The van der Waals surface area contributed by atoms with Crippen molar-refractivity contribution in [3.63, 3.8) is 0 Å². The van der Waals surface area contributed by atoms with Crippen molar-refractivity contribution >= 4 is 24.2 Å². The van der Waals surface area contributed by atoms with Gasteiger partial charge in [0.1, 0.15) is 5.82 Å². The first-order valence-corrected chi connectivity index (χ1v) is 9.21. The average Bonchev–Trinajstić information content (AvgIpc) is 2.84. The number of pyridine rings is 1. The Morgan fingerprint density at radius 1 is 1.07 bits per heavy atom. The third kappa shape index (κ3) is 3.93. The van der Waals surface area contributed by atoms with Crippen molar-refractivity contribution in [1.29, 1.82) is 0 Å². The van der Waals surface area contributed by atoms with Gasteiger partial charge in [-0.15, -0.1) is 13.2 Å². The maximum absolute atomic E-state index is 14.7. The van der Waals surface area contributed by atoms with Gasteiger partial charge in [0.25, 0.3) is 5.91 Å². The van der Waals surface area contributed by atoms with E-state index in [4.69, 9.17) is 9.31 Å². The molecule has 5 nitrogen and oxygen atoms in total. The summed E-state index contributed by atoms with van der Waals surface area (Å²) in [5.41, 5.74) is -2.14. The molecule has 0 saturated carbocycles. The molecule has 1 saturated heterocycles. The number of carbonyl (C=O) groups excluding carboxylic acids is 1. The lowest BCUT2D eigenvalue weighted by Gasteiger charge is -2.32. The molecule has 2 heterocycles. The van der Waals surface area contributed by atoms with Crippen LogP contribution >= 0.6 is 0 Å². The minimum absolute atomic E-state index is 0.210. The fraction of sp³-hybridized carbons (Fsp3) is 0.400. The Balaban J connectivity index is 2.10. The van der Waals surface area contributed by atoms with Crippen molar-refractivity contribution in [3.8, 4) is 0 Å². The van der Waals surface area contributed by atoms with Gasteiger partial charge in [-0.25, -0.2) is 9.29 Å². The Hall–Kier alpha value is -2.46. The Labute approximate surface area is 172 Å². The van der Waals surface area contributed by atoms with Crippen molar-refractivity contribution in [1.82, 2.24) is 4.98 Å². The van der Waals surface area contributed by atoms with E-state index in [0.717, 1.165) is 24.3 Å². The van der Waals surface area contributed by atoms with Crippen LogP contribution in [0.25, 0.3) is 0 Å². The zero-order chi connectivity index (χ0) is 22.5. The lowest BCUT2D eigenvalue weighted by molar-refractivity contribution is -0.122. The van der Waals surface area contributed by atoms with Crippen molar-refractivity contribution < 1.29 is 31.7 Å². The first kappa shape index (κ1) is 22.2. The molecule has 0 atom stereocenters. The third-order valence-corrected chi connectivity index (χ3v) is 5.47. The van der Waals surface area contributed by atoms with E-state index in [-0.39, 0.29) is 11.0 Å². The maximum Gasteiger partial charge on any atom is 0.495 e. The largest absolute Gasteiger partial charge is 0.495 e. The van der Waals surface area contributed by atoms with Crippen LogP contribution in [0.15, 0.2) is 36.7 Å². The number of alkyl halides is 3. The number of amides is 1. The molecule has 0 unspecified atom stereocenters. The highest BCUT2D eigenvalue weighted by Crippen LogP contribution is 2.38. The van der Waals surface area contributed by atoms with Crippen LogP contribution in [-0.2, 0) is 9.31 Å². The molecule has 0 N–H and O–H groups in total. The van der Waals surface area contributed by atoms with Crippen LogP contribution in [0.4, 0.5) is 23.2 Å². The summed E-state index contributed by atoms with van der Waals surface area (Å²) in [6, 6.07) is 4.15. The molecule has 0 aliphatic carbocycles. The SMILES string of the molecule is Cc1cc(F)c(N(C(=O)c2ccncc2)C(F)(F)F)cc1B1OC(C)(C)C(C)(C)O1. The molecule has 1 aromatic carbocycles. The molecule has 2 aromatic rings. The van der Waals surface area contributed by atoms with Gasteiger partial charge in [-0.3, -0.25) is 9.78 Å². The van der Waals surface area contributed by atoms with E-state index >= 15 is 0 Å². The summed E-state index contributed by atoms with van der Waals surface area (Å²) >= 11 is 0. The molecular formula is C20H21BF4N2O3. The minimum atomic E-state index is -5.16. The Morgan fingerprint density at radius 3 is 2.10 bits per heavy atom. The molecule has 160 valence electrons. The Bertz CT molecular complexity index is 949. The number of benzene rings is 1. The molecule has 1 amide bonds. The number of aromatic nitrogens is 1. The number of carbonyl (C=O) groups is 1. The predicted molar refractivity (Wildman–Crippen MR) is 104 cm³/mol. The van der Waals surface area contributed by atoms with E-state index in [9.17, 15) is 22.4 Å². The monoisotopic (exact) mass is 424 g/mol. The second-order valence-corrected chi connectivity index (χ2v) is 8.09. The predicted octanol–water partition coefficient (Wildman–Crippen LogP) is 3.99. The Morgan fingerprint density at radius 2 is 1.60 bits per heavy atom. The molecular weight excluding hydrogens is 403 g/mol. The average molecular weight is 424 g/mol. The van der Waals surface area contributed by atoms with E-state index in [2.05, 4.69) is 4.98 Å². The normalized spacial score (nSPS) is 17.8. The molecule has 0 spiro atoms. The molecule has 0 bridgehead atoms. The van der Waals surface area contributed by atoms with E-state index in [1.54, 1.807) is 27.7 Å². The van der Waals surface area contributed by atoms with Crippen LogP contribution in [0.3, 0.4) is 0 Å². The number of nitrogens with zero attached hydrogens (tertiary/aromatic N) is 2. The summed E-state index contributed by atoms with van der Waals surface area (Å²) < 4.78 is 68.0. The van der Waals surface area contributed by atoms with Gasteiger partial charge in [-0.1, -0.05) is 0 Å². The van der Waals surface area contributed by atoms with Gasteiger partial charge in [0.15, 0.2) is 0 Å². The molecule has 1 fully saturated rings. The number of rotatable bonds is 3. The topological polar surface area (TPSA) is 51.7 Å². The van der Waals surface area contributed by atoms with Crippen LogP contribution in [-0.4, -0.2) is 35.5 Å². The minimum Gasteiger partial charge on any atom is -0.399 e.